The van der Waals surface area contributed by atoms with Crippen LogP contribution < -0.4 is 5.32 Å². The van der Waals surface area contributed by atoms with Gasteiger partial charge in [-0.05, 0) is 50.1 Å². The van der Waals surface area contributed by atoms with Gasteiger partial charge in [0.15, 0.2) is 5.13 Å². The Balaban J connectivity index is 1.36. The minimum absolute atomic E-state index is 0.0447. The number of nitrogens with one attached hydrogen (secondary N) is 1. The summed E-state index contributed by atoms with van der Waals surface area (Å²) < 4.78 is 0. The number of aromatic nitrogens is 2. The molecule has 0 unspecified atom stereocenters. The molecule has 1 saturated carbocycles. The second-order valence-electron chi connectivity index (χ2n) is 8.14. The van der Waals surface area contributed by atoms with Crippen LogP contribution in [0.1, 0.15) is 68.9 Å². The van der Waals surface area contributed by atoms with Crippen LogP contribution in [0.4, 0.5) is 5.13 Å². The van der Waals surface area contributed by atoms with E-state index in [1.165, 1.54) is 22.3 Å². The summed E-state index contributed by atoms with van der Waals surface area (Å²) in [5, 5.41) is 3.27. The molecule has 5 rings (SSSR count). The molecule has 32 heavy (non-hydrogen) atoms. The van der Waals surface area contributed by atoms with Gasteiger partial charge in [-0.2, -0.15) is 0 Å². The summed E-state index contributed by atoms with van der Waals surface area (Å²) in [6, 6.07) is 10.3. The van der Waals surface area contributed by atoms with Crippen LogP contribution in [-0.2, 0) is 0 Å². The SMILES string of the molecule is Cc1nc(NC(=O)c2ccc3c(c2)C(=O)N(C2CCCCC2)C3=O)sc1-c1ccccn1. The summed E-state index contributed by atoms with van der Waals surface area (Å²) >= 11 is 1.35. The highest BCUT2D eigenvalue weighted by Crippen LogP contribution is 2.33. The van der Waals surface area contributed by atoms with Gasteiger partial charge in [-0.3, -0.25) is 29.6 Å². The van der Waals surface area contributed by atoms with Crippen LogP contribution in [0.3, 0.4) is 0 Å². The minimum Gasteiger partial charge on any atom is -0.298 e. The first-order valence-corrected chi connectivity index (χ1v) is 11.6. The Kier molecular flexibility index (Phi) is 5.30. The van der Waals surface area contributed by atoms with Crippen LogP contribution in [-0.4, -0.2) is 38.6 Å². The predicted octanol–water partition coefficient (Wildman–Crippen LogP) is 4.69. The number of fused-ring (bicyclic) bond motifs is 1. The lowest BCUT2D eigenvalue weighted by atomic mass is 9.94. The Hall–Kier alpha value is -3.39. The second kappa shape index (κ2) is 8.27. The molecule has 3 aromatic rings. The zero-order chi connectivity index (χ0) is 22.2. The molecule has 162 valence electrons. The average molecular weight is 447 g/mol. The van der Waals surface area contributed by atoms with Crippen molar-refractivity contribution in [1.29, 1.82) is 0 Å². The number of rotatable bonds is 4. The Morgan fingerprint density at radius 1 is 1.06 bits per heavy atom. The van der Waals surface area contributed by atoms with Crippen LogP contribution >= 0.6 is 11.3 Å². The highest BCUT2D eigenvalue weighted by Gasteiger charge is 2.40. The molecule has 0 saturated heterocycles. The van der Waals surface area contributed by atoms with Crippen molar-refractivity contribution in [3.8, 4) is 10.6 Å². The minimum atomic E-state index is -0.370. The molecule has 8 heteroatoms. The number of imide groups is 1. The van der Waals surface area contributed by atoms with Gasteiger partial charge in [0.1, 0.15) is 0 Å². The number of amides is 3. The number of pyridine rings is 1. The third-order valence-electron chi connectivity index (χ3n) is 6.03. The molecule has 3 heterocycles. The summed E-state index contributed by atoms with van der Waals surface area (Å²) in [5.74, 6) is -0.918. The van der Waals surface area contributed by atoms with Gasteiger partial charge in [0.05, 0.1) is 27.4 Å². The number of benzene rings is 1. The molecule has 3 amide bonds. The molecule has 1 aromatic carbocycles. The predicted molar refractivity (Wildman–Crippen MR) is 122 cm³/mol. The Morgan fingerprint density at radius 3 is 2.59 bits per heavy atom. The molecular formula is C24H22N4O3S. The van der Waals surface area contributed by atoms with Crippen LogP contribution in [0.2, 0.25) is 0 Å². The van der Waals surface area contributed by atoms with Crippen molar-refractivity contribution in [2.45, 2.75) is 45.1 Å². The van der Waals surface area contributed by atoms with Gasteiger partial charge in [-0.1, -0.05) is 36.7 Å². The number of hydrogen-bond acceptors (Lipinski definition) is 6. The summed E-state index contributed by atoms with van der Waals surface area (Å²) in [6.45, 7) is 1.87. The fourth-order valence-electron chi connectivity index (χ4n) is 4.43. The van der Waals surface area contributed by atoms with E-state index < -0.39 is 0 Å². The summed E-state index contributed by atoms with van der Waals surface area (Å²) in [4.78, 5) is 49.8. The van der Waals surface area contributed by atoms with Gasteiger partial charge in [0.2, 0.25) is 0 Å². The first kappa shape index (κ1) is 20.5. The largest absolute Gasteiger partial charge is 0.298 e. The van der Waals surface area contributed by atoms with Gasteiger partial charge in [0, 0.05) is 17.8 Å². The Morgan fingerprint density at radius 2 is 1.84 bits per heavy atom. The highest BCUT2D eigenvalue weighted by molar-refractivity contribution is 7.19. The normalized spacial score (nSPS) is 16.3. The van der Waals surface area contributed by atoms with Gasteiger partial charge >= 0.3 is 0 Å². The Bertz CT molecular complexity index is 1220. The lowest BCUT2D eigenvalue weighted by Gasteiger charge is -2.29. The van der Waals surface area contributed by atoms with E-state index in [1.54, 1.807) is 18.3 Å². The number of thiazole rings is 1. The molecular weight excluding hydrogens is 424 g/mol. The summed E-state index contributed by atoms with van der Waals surface area (Å²) in [5.41, 5.74) is 2.58. The first-order valence-electron chi connectivity index (χ1n) is 10.7. The van der Waals surface area contributed by atoms with Gasteiger partial charge in [-0.25, -0.2) is 4.98 Å². The molecule has 1 fully saturated rings. The van der Waals surface area contributed by atoms with Crippen molar-refractivity contribution in [2.24, 2.45) is 0 Å². The fourth-order valence-corrected chi connectivity index (χ4v) is 5.36. The van der Waals surface area contributed by atoms with E-state index in [-0.39, 0.29) is 23.8 Å². The molecule has 1 aliphatic heterocycles. The smallest absolute Gasteiger partial charge is 0.261 e. The lowest BCUT2D eigenvalue weighted by molar-refractivity contribution is 0.0549. The molecule has 0 bridgehead atoms. The van der Waals surface area contributed by atoms with E-state index in [4.69, 9.17) is 0 Å². The standard InChI is InChI=1S/C24H22N4O3S/c1-14-20(19-9-5-6-12-25-19)32-24(26-14)27-21(29)15-10-11-17-18(13-15)23(31)28(22(17)30)16-7-3-2-4-8-16/h5-6,9-13,16H,2-4,7-8H2,1H3,(H,26,27,29). The van der Waals surface area contributed by atoms with Gasteiger partial charge in [0.25, 0.3) is 17.7 Å². The number of carbonyl (C=O) groups excluding carboxylic acids is 3. The van der Waals surface area contributed by atoms with Crippen molar-refractivity contribution < 1.29 is 14.4 Å². The van der Waals surface area contributed by atoms with Crippen molar-refractivity contribution in [1.82, 2.24) is 14.9 Å². The zero-order valence-corrected chi connectivity index (χ0v) is 18.4. The summed E-state index contributed by atoms with van der Waals surface area (Å²) in [7, 11) is 0. The Labute approximate surface area is 189 Å². The first-order chi connectivity index (χ1) is 15.5. The third-order valence-corrected chi connectivity index (χ3v) is 7.13. The molecule has 0 atom stereocenters. The maximum atomic E-state index is 13.0. The van der Waals surface area contributed by atoms with Crippen LogP contribution in [0.25, 0.3) is 10.6 Å². The van der Waals surface area contributed by atoms with Crippen molar-refractivity contribution >= 4 is 34.2 Å². The number of aryl methyl sites for hydroxylation is 1. The fraction of sp³-hybridized carbons (Fsp3) is 0.292. The van der Waals surface area contributed by atoms with E-state index in [9.17, 15) is 14.4 Å². The molecule has 1 aliphatic carbocycles. The molecule has 2 aliphatic rings. The number of carbonyl (C=O) groups is 3. The van der Waals surface area contributed by atoms with E-state index in [0.29, 0.717) is 21.8 Å². The molecule has 7 nitrogen and oxygen atoms in total. The van der Waals surface area contributed by atoms with Crippen LogP contribution in [0.5, 0.6) is 0 Å². The lowest BCUT2D eigenvalue weighted by Crippen LogP contribution is -2.40. The third kappa shape index (κ3) is 3.60. The number of anilines is 1. The van der Waals surface area contributed by atoms with Gasteiger partial charge < -0.3 is 0 Å². The van der Waals surface area contributed by atoms with E-state index in [1.807, 2.05) is 25.1 Å². The molecule has 0 radical (unpaired) electrons. The maximum Gasteiger partial charge on any atom is 0.261 e. The van der Waals surface area contributed by atoms with E-state index in [2.05, 4.69) is 15.3 Å². The van der Waals surface area contributed by atoms with E-state index >= 15 is 0 Å². The maximum absolute atomic E-state index is 13.0. The van der Waals surface area contributed by atoms with Crippen molar-refractivity contribution in [2.75, 3.05) is 5.32 Å². The molecule has 1 N–H and O–H groups in total. The van der Waals surface area contributed by atoms with E-state index in [0.717, 1.165) is 48.4 Å². The summed E-state index contributed by atoms with van der Waals surface area (Å²) in [6.07, 6.45) is 6.61. The van der Waals surface area contributed by atoms with Crippen molar-refractivity contribution in [3.63, 3.8) is 0 Å². The molecule has 2 aromatic heterocycles. The topological polar surface area (TPSA) is 92.3 Å². The number of hydrogen-bond donors (Lipinski definition) is 1. The van der Waals surface area contributed by atoms with Crippen LogP contribution in [0.15, 0.2) is 42.6 Å². The van der Waals surface area contributed by atoms with Crippen LogP contribution in [0, 0.1) is 6.92 Å². The molecule has 0 spiro atoms. The highest BCUT2D eigenvalue weighted by atomic mass is 32.1. The number of nitrogens with zero attached hydrogens (tertiary/aromatic N) is 3. The monoisotopic (exact) mass is 446 g/mol. The zero-order valence-electron chi connectivity index (χ0n) is 17.6. The van der Waals surface area contributed by atoms with Crippen molar-refractivity contribution in [3.05, 3.63) is 65.0 Å². The average Bonchev–Trinajstić information content (AvgIpc) is 3.31. The quantitative estimate of drug-likeness (QED) is 0.587. The second-order valence-corrected chi connectivity index (χ2v) is 9.13. The van der Waals surface area contributed by atoms with Gasteiger partial charge in [-0.15, -0.1) is 0 Å².